The monoisotopic (exact) mass is 230 g/mol. The van der Waals surface area contributed by atoms with Crippen molar-refractivity contribution in [3.63, 3.8) is 0 Å². The van der Waals surface area contributed by atoms with Gasteiger partial charge in [-0.3, -0.25) is 0 Å². The summed E-state index contributed by atoms with van der Waals surface area (Å²) in [5.74, 6) is 1.27. The van der Waals surface area contributed by atoms with Crippen LogP contribution < -0.4 is 0 Å². The summed E-state index contributed by atoms with van der Waals surface area (Å²) in [5.41, 5.74) is 5.80. The number of benzene rings is 1. The zero-order valence-electron chi connectivity index (χ0n) is 12.0. The molecule has 1 rings (SSSR count). The Kier molecular flexibility index (Phi) is 4.99. The Hall–Kier alpha value is -1.04. The predicted octanol–water partition coefficient (Wildman–Crippen LogP) is 5.67. The first-order chi connectivity index (χ1) is 8.06. The Labute approximate surface area is 107 Å². The molecule has 0 fully saturated rings. The van der Waals surface area contributed by atoms with Crippen LogP contribution in [0.3, 0.4) is 0 Å². The van der Waals surface area contributed by atoms with E-state index in [9.17, 15) is 0 Å². The maximum Gasteiger partial charge on any atom is -0.0184 e. The minimum absolute atomic E-state index is 0.618. The number of hydrogen-bond donors (Lipinski definition) is 0. The molecular formula is C17H26. The highest BCUT2D eigenvalue weighted by atomic mass is 14.2. The molecule has 0 bridgehead atoms. The van der Waals surface area contributed by atoms with Crippen molar-refractivity contribution in [2.75, 3.05) is 0 Å². The fourth-order valence-corrected chi connectivity index (χ4v) is 2.56. The average molecular weight is 230 g/mol. The van der Waals surface area contributed by atoms with Crippen molar-refractivity contribution in [3.05, 3.63) is 41.0 Å². The topological polar surface area (TPSA) is 0 Å². The summed E-state index contributed by atoms with van der Waals surface area (Å²) in [6.07, 6.45) is 4.38. The summed E-state index contributed by atoms with van der Waals surface area (Å²) in [7, 11) is 0. The largest absolute Gasteiger partial charge is 0.0985 e. The van der Waals surface area contributed by atoms with E-state index in [4.69, 9.17) is 0 Å². The first-order valence-electron chi connectivity index (χ1n) is 6.82. The molecule has 0 aliphatic rings. The lowest BCUT2D eigenvalue weighted by Crippen LogP contribution is -2.04. The highest BCUT2D eigenvalue weighted by Gasteiger charge is 2.15. The molecule has 0 aromatic heterocycles. The second-order valence-electron chi connectivity index (χ2n) is 5.11. The molecule has 0 amide bonds. The second kappa shape index (κ2) is 6.05. The van der Waals surface area contributed by atoms with Gasteiger partial charge >= 0.3 is 0 Å². The minimum atomic E-state index is 0.618. The lowest BCUT2D eigenvalue weighted by molar-refractivity contribution is 0.700. The van der Waals surface area contributed by atoms with Gasteiger partial charge in [-0.25, -0.2) is 0 Å². The van der Waals surface area contributed by atoms with E-state index in [0.29, 0.717) is 11.8 Å². The van der Waals surface area contributed by atoms with E-state index in [-0.39, 0.29) is 0 Å². The van der Waals surface area contributed by atoms with Crippen molar-refractivity contribution < 1.29 is 0 Å². The molecule has 0 aliphatic carbocycles. The quantitative estimate of drug-likeness (QED) is 0.611. The van der Waals surface area contributed by atoms with E-state index in [0.717, 1.165) is 0 Å². The second-order valence-corrected chi connectivity index (χ2v) is 5.11. The minimum Gasteiger partial charge on any atom is -0.0985 e. The van der Waals surface area contributed by atoms with Gasteiger partial charge in [-0.1, -0.05) is 52.5 Å². The maximum atomic E-state index is 3.94. The van der Waals surface area contributed by atoms with Crippen LogP contribution in [0.15, 0.2) is 18.7 Å². The van der Waals surface area contributed by atoms with Crippen LogP contribution >= 0.6 is 0 Å². The molecule has 1 aromatic carbocycles. The fourth-order valence-electron chi connectivity index (χ4n) is 2.56. The van der Waals surface area contributed by atoms with Crippen LogP contribution in [0.4, 0.5) is 0 Å². The molecule has 0 nitrogen and oxygen atoms in total. The van der Waals surface area contributed by atoms with Gasteiger partial charge in [0.15, 0.2) is 0 Å². The van der Waals surface area contributed by atoms with Crippen LogP contribution in [-0.2, 0) is 0 Å². The molecule has 0 radical (unpaired) electrons. The lowest BCUT2D eigenvalue weighted by Gasteiger charge is -2.22. The molecule has 0 heterocycles. The van der Waals surface area contributed by atoms with E-state index in [2.05, 4.69) is 53.3 Å². The van der Waals surface area contributed by atoms with Crippen molar-refractivity contribution in [3.8, 4) is 0 Å². The van der Waals surface area contributed by atoms with Crippen molar-refractivity contribution in [1.82, 2.24) is 0 Å². The molecule has 2 unspecified atom stereocenters. The molecule has 0 spiro atoms. The van der Waals surface area contributed by atoms with E-state index in [1.165, 1.54) is 35.1 Å². The van der Waals surface area contributed by atoms with Gasteiger partial charge in [-0.2, -0.15) is 0 Å². The number of rotatable bonds is 5. The Balaban J connectivity index is 3.36. The van der Waals surface area contributed by atoms with Crippen LogP contribution in [0.5, 0.6) is 0 Å². The third-order valence-corrected chi connectivity index (χ3v) is 4.06. The molecule has 0 N–H and O–H groups in total. The summed E-state index contributed by atoms with van der Waals surface area (Å²) in [6, 6.07) is 4.52. The van der Waals surface area contributed by atoms with E-state index in [1.807, 2.05) is 6.08 Å². The lowest BCUT2D eigenvalue weighted by atomic mass is 9.83. The summed E-state index contributed by atoms with van der Waals surface area (Å²) < 4.78 is 0. The van der Waals surface area contributed by atoms with Crippen LogP contribution in [0.2, 0.25) is 0 Å². The van der Waals surface area contributed by atoms with E-state index >= 15 is 0 Å². The highest BCUT2D eigenvalue weighted by molar-refractivity contribution is 5.57. The summed E-state index contributed by atoms with van der Waals surface area (Å²) in [4.78, 5) is 0. The molecule has 0 saturated carbocycles. The fraction of sp³-hybridized carbons (Fsp3) is 0.529. The van der Waals surface area contributed by atoms with Gasteiger partial charge in [0.1, 0.15) is 0 Å². The SMILES string of the molecule is C=Cc1ccc(C(C)CC)c(C)c1C(C)CC. The van der Waals surface area contributed by atoms with Gasteiger partial charge in [-0.15, -0.1) is 0 Å². The molecule has 1 aromatic rings. The van der Waals surface area contributed by atoms with E-state index in [1.54, 1.807) is 0 Å². The Bertz CT molecular complexity index is 387. The van der Waals surface area contributed by atoms with Gasteiger partial charge in [0.2, 0.25) is 0 Å². The Morgan fingerprint density at radius 2 is 1.71 bits per heavy atom. The van der Waals surface area contributed by atoms with Gasteiger partial charge < -0.3 is 0 Å². The van der Waals surface area contributed by atoms with Crippen molar-refractivity contribution in [2.24, 2.45) is 0 Å². The van der Waals surface area contributed by atoms with Gasteiger partial charge in [-0.05, 0) is 53.9 Å². The van der Waals surface area contributed by atoms with Gasteiger partial charge in [0.05, 0.1) is 0 Å². The summed E-state index contributed by atoms with van der Waals surface area (Å²) in [6.45, 7) is 15.4. The zero-order valence-corrected chi connectivity index (χ0v) is 12.0. The molecule has 17 heavy (non-hydrogen) atoms. The summed E-state index contributed by atoms with van der Waals surface area (Å²) >= 11 is 0. The van der Waals surface area contributed by atoms with Gasteiger partial charge in [0.25, 0.3) is 0 Å². The molecule has 0 aliphatic heterocycles. The van der Waals surface area contributed by atoms with Crippen LogP contribution in [0.25, 0.3) is 6.08 Å². The predicted molar refractivity (Wildman–Crippen MR) is 78.7 cm³/mol. The van der Waals surface area contributed by atoms with E-state index < -0.39 is 0 Å². The number of hydrogen-bond acceptors (Lipinski definition) is 0. The van der Waals surface area contributed by atoms with Gasteiger partial charge in [0, 0.05) is 0 Å². The van der Waals surface area contributed by atoms with Crippen molar-refractivity contribution in [1.29, 1.82) is 0 Å². The molecule has 0 heteroatoms. The molecule has 0 saturated heterocycles. The first-order valence-corrected chi connectivity index (χ1v) is 6.82. The van der Waals surface area contributed by atoms with Crippen LogP contribution in [0.1, 0.15) is 74.6 Å². The third-order valence-electron chi connectivity index (χ3n) is 4.06. The van der Waals surface area contributed by atoms with Crippen molar-refractivity contribution >= 4 is 6.08 Å². The standard InChI is InChI=1S/C17H26/c1-7-12(4)16-11-10-15(9-3)17(14(16)6)13(5)8-2/h9-13H,3,7-8H2,1-2,4-6H3. The normalized spacial score (nSPS) is 14.4. The first kappa shape index (κ1) is 14.0. The third kappa shape index (κ3) is 2.80. The van der Waals surface area contributed by atoms with Crippen LogP contribution in [-0.4, -0.2) is 0 Å². The average Bonchev–Trinajstić information content (AvgIpc) is 2.36. The Morgan fingerprint density at radius 3 is 2.18 bits per heavy atom. The molecule has 2 atom stereocenters. The maximum absolute atomic E-state index is 3.94. The Morgan fingerprint density at radius 1 is 1.12 bits per heavy atom. The molecular weight excluding hydrogens is 204 g/mol. The van der Waals surface area contributed by atoms with Crippen LogP contribution in [0, 0.1) is 6.92 Å². The smallest absolute Gasteiger partial charge is 0.0184 e. The summed E-state index contributed by atoms with van der Waals surface area (Å²) in [5, 5.41) is 0. The van der Waals surface area contributed by atoms with Crippen molar-refractivity contribution in [2.45, 2.75) is 59.3 Å². The molecule has 94 valence electrons. The highest BCUT2D eigenvalue weighted by Crippen LogP contribution is 2.33. The zero-order chi connectivity index (χ0) is 13.0.